The number of aromatic nitrogens is 1. The summed E-state index contributed by atoms with van der Waals surface area (Å²) in [6, 6.07) is 19.4. The van der Waals surface area contributed by atoms with E-state index in [9.17, 15) is 0 Å². The maximum atomic E-state index is 4.80. The quantitative estimate of drug-likeness (QED) is 0.675. The van der Waals surface area contributed by atoms with Gasteiger partial charge >= 0.3 is 0 Å². The van der Waals surface area contributed by atoms with Gasteiger partial charge in [0.25, 0.3) is 0 Å². The summed E-state index contributed by atoms with van der Waals surface area (Å²) >= 11 is 1.79. The maximum absolute atomic E-state index is 4.80. The summed E-state index contributed by atoms with van der Waals surface area (Å²) in [5, 5.41) is 1.13. The van der Waals surface area contributed by atoms with Crippen LogP contribution in [0.5, 0.6) is 0 Å². The van der Waals surface area contributed by atoms with Crippen LogP contribution in [0.1, 0.15) is 12.0 Å². The monoisotopic (exact) mass is 349 g/mol. The van der Waals surface area contributed by atoms with E-state index >= 15 is 0 Å². The molecule has 1 aliphatic heterocycles. The van der Waals surface area contributed by atoms with Crippen LogP contribution >= 0.6 is 11.3 Å². The zero-order valence-electron chi connectivity index (χ0n) is 14.5. The lowest BCUT2D eigenvalue weighted by Gasteiger charge is -2.24. The fraction of sp³-hybridized carbons (Fsp3) is 0.286. The van der Waals surface area contributed by atoms with Gasteiger partial charge in [-0.1, -0.05) is 66.0 Å². The molecule has 128 valence electrons. The van der Waals surface area contributed by atoms with E-state index in [1.807, 2.05) is 0 Å². The highest BCUT2D eigenvalue weighted by Gasteiger charge is 2.26. The highest BCUT2D eigenvalue weighted by Crippen LogP contribution is 2.30. The Morgan fingerprint density at radius 2 is 1.96 bits per heavy atom. The minimum Gasteiger partial charge on any atom is -0.347 e. The second-order valence-electron chi connectivity index (χ2n) is 6.59. The van der Waals surface area contributed by atoms with Crippen molar-refractivity contribution in [1.82, 2.24) is 9.88 Å². The number of hydrogen-bond donors (Lipinski definition) is 0. The highest BCUT2D eigenvalue weighted by molar-refractivity contribution is 7.22. The summed E-state index contributed by atoms with van der Waals surface area (Å²) in [5.41, 5.74) is 2.37. The van der Waals surface area contributed by atoms with E-state index in [2.05, 4.69) is 83.6 Å². The van der Waals surface area contributed by atoms with Crippen molar-refractivity contribution in [3.8, 4) is 0 Å². The van der Waals surface area contributed by atoms with Crippen molar-refractivity contribution >= 4 is 32.8 Å². The Kier molecular flexibility index (Phi) is 4.81. The number of thiazole rings is 1. The van der Waals surface area contributed by atoms with E-state index in [1.165, 1.54) is 16.7 Å². The Morgan fingerprint density at radius 3 is 2.80 bits per heavy atom. The summed E-state index contributed by atoms with van der Waals surface area (Å²) in [7, 11) is 2.19. The van der Waals surface area contributed by atoms with Crippen molar-refractivity contribution in [3.63, 3.8) is 0 Å². The molecule has 25 heavy (non-hydrogen) atoms. The molecule has 1 fully saturated rings. The molecule has 0 bridgehead atoms. The number of rotatable bonds is 5. The molecule has 4 heteroatoms. The fourth-order valence-corrected chi connectivity index (χ4v) is 4.36. The second kappa shape index (κ2) is 7.38. The highest BCUT2D eigenvalue weighted by atomic mass is 32.1. The SMILES string of the molecule is CN(c1nc2ccccc2s1)C1CCN(C/C=C/c2ccccc2)C1. The molecular weight excluding hydrogens is 326 g/mol. The number of hydrogen-bond acceptors (Lipinski definition) is 4. The van der Waals surface area contributed by atoms with Gasteiger partial charge in [0.05, 0.1) is 10.2 Å². The van der Waals surface area contributed by atoms with Crippen LogP contribution < -0.4 is 4.90 Å². The lowest BCUT2D eigenvalue weighted by molar-refractivity contribution is 0.371. The molecule has 0 amide bonds. The first-order valence-electron chi connectivity index (χ1n) is 8.82. The first-order valence-corrected chi connectivity index (χ1v) is 9.63. The molecule has 1 unspecified atom stereocenters. The second-order valence-corrected chi connectivity index (χ2v) is 7.60. The number of fused-ring (bicyclic) bond motifs is 1. The Bertz CT molecular complexity index is 823. The Balaban J connectivity index is 1.36. The minimum absolute atomic E-state index is 0.547. The third kappa shape index (κ3) is 3.75. The number of likely N-dealkylation sites (N-methyl/N-ethyl adjacent to an activating group) is 1. The summed E-state index contributed by atoms with van der Waals surface area (Å²) in [5.74, 6) is 0. The summed E-state index contributed by atoms with van der Waals surface area (Å²) in [6.45, 7) is 3.27. The van der Waals surface area contributed by atoms with E-state index < -0.39 is 0 Å². The van der Waals surface area contributed by atoms with Crippen LogP contribution in [0.2, 0.25) is 0 Å². The van der Waals surface area contributed by atoms with Gasteiger partial charge in [-0.25, -0.2) is 4.98 Å². The zero-order chi connectivity index (χ0) is 17.1. The molecular formula is C21H23N3S. The van der Waals surface area contributed by atoms with Gasteiger partial charge in [0.15, 0.2) is 5.13 Å². The minimum atomic E-state index is 0.547. The van der Waals surface area contributed by atoms with E-state index in [4.69, 9.17) is 4.98 Å². The van der Waals surface area contributed by atoms with Gasteiger partial charge in [0, 0.05) is 32.7 Å². The zero-order valence-corrected chi connectivity index (χ0v) is 15.3. The molecule has 2 heterocycles. The molecule has 0 N–H and O–H groups in total. The number of para-hydroxylation sites is 1. The largest absolute Gasteiger partial charge is 0.347 e. The van der Waals surface area contributed by atoms with Gasteiger partial charge in [-0.15, -0.1) is 0 Å². The molecule has 0 spiro atoms. The van der Waals surface area contributed by atoms with Crippen LogP contribution in [0.4, 0.5) is 5.13 Å². The molecule has 3 aromatic rings. The lowest BCUT2D eigenvalue weighted by Crippen LogP contribution is -2.34. The van der Waals surface area contributed by atoms with Crippen LogP contribution in [-0.4, -0.2) is 42.6 Å². The van der Waals surface area contributed by atoms with Crippen LogP contribution in [0.15, 0.2) is 60.7 Å². The van der Waals surface area contributed by atoms with Crippen molar-refractivity contribution < 1.29 is 0 Å². The number of nitrogens with zero attached hydrogens (tertiary/aromatic N) is 3. The molecule has 0 radical (unpaired) electrons. The third-order valence-corrected chi connectivity index (χ3v) is 5.98. The average molecular weight is 350 g/mol. The van der Waals surface area contributed by atoms with Crippen LogP contribution in [0.25, 0.3) is 16.3 Å². The van der Waals surface area contributed by atoms with Gasteiger partial charge in [-0.05, 0) is 24.1 Å². The van der Waals surface area contributed by atoms with Crippen molar-refractivity contribution in [2.75, 3.05) is 31.6 Å². The van der Waals surface area contributed by atoms with E-state index in [0.29, 0.717) is 6.04 Å². The summed E-state index contributed by atoms with van der Waals surface area (Å²) < 4.78 is 1.27. The molecule has 4 rings (SSSR count). The van der Waals surface area contributed by atoms with Gasteiger partial charge in [-0.3, -0.25) is 4.90 Å². The molecule has 0 saturated carbocycles. The van der Waals surface area contributed by atoms with Gasteiger partial charge in [-0.2, -0.15) is 0 Å². The van der Waals surface area contributed by atoms with Crippen LogP contribution in [0.3, 0.4) is 0 Å². The number of benzene rings is 2. The topological polar surface area (TPSA) is 19.4 Å². The fourth-order valence-electron chi connectivity index (χ4n) is 3.36. The smallest absolute Gasteiger partial charge is 0.186 e. The Hall–Kier alpha value is -2.17. The van der Waals surface area contributed by atoms with Crippen LogP contribution in [-0.2, 0) is 0 Å². The molecule has 2 aromatic carbocycles. The molecule has 1 aromatic heterocycles. The van der Waals surface area contributed by atoms with E-state index in [0.717, 1.165) is 30.3 Å². The van der Waals surface area contributed by atoms with Crippen molar-refractivity contribution in [3.05, 3.63) is 66.2 Å². The van der Waals surface area contributed by atoms with Crippen molar-refractivity contribution in [1.29, 1.82) is 0 Å². The maximum Gasteiger partial charge on any atom is 0.186 e. The summed E-state index contributed by atoms with van der Waals surface area (Å²) in [6.07, 6.45) is 5.69. The molecule has 1 atom stereocenters. The molecule has 0 aliphatic carbocycles. The standard InChI is InChI=1S/C21H23N3S/c1-23(21-22-19-11-5-6-12-20(19)25-21)18-13-15-24(16-18)14-7-10-17-8-3-2-4-9-17/h2-12,18H,13-16H2,1H3/b10-7+. The lowest BCUT2D eigenvalue weighted by atomic mass is 10.2. The molecule has 1 saturated heterocycles. The van der Waals surface area contributed by atoms with Gasteiger partial charge < -0.3 is 4.90 Å². The molecule has 3 nitrogen and oxygen atoms in total. The molecule has 1 aliphatic rings. The number of anilines is 1. The van der Waals surface area contributed by atoms with E-state index in [-0.39, 0.29) is 0 Å². The Labute approximate surface area is 153 Å². The summed E-state index contributed by atoms with van der Waals surface area (Å²) in [4.78, 5) is 9.68. The van der Waals surface area contributed by atoms with Crippen molar-refractivity contribution in [2.45, 2.75) is 12.5 Å². The van der Waals surface area contributed by atoms with Gasteiger partial charge in [0.2, 0.25) is 0 Å². The van der Waals surface area contributed by atoms with E-state index in [1.54, 1.807) is 11.3 Å². The van der Waals surface area contributed by atoms with Crippen molar-refractivity contribution in [2.24, 2.45) is 0 Å². The number of likely N-dealkylation sites (tertiary alicyclic amines) is 1. The predicted octanol–water partition coefficient (Wildman–Crippen LogP) is 4.52. The first kappa shape index (κ1) is 16.3. The normalized spacial score (nSPS) is 18.4. The average Bonchev–Trinajstić information content (AvgIpc) is 3.29. The Morgan fingerprint density at radius 1 is 1.16 bits per heavy atom. The van der Waals surface area contributed by atoms with Crippen LogP contribution in [0, 0.1) is 0 Å². The predicted molar refractivity (Wildman–Crippen MR) is 108 cm³/mol. The first-order chi connectivity index (χ1) is 12.3. The third-order valence-electron chi connectivity index (χ3n) is 4.85. The van der Waals surface area contributed by atoms with Gasteiger partial charge in [0.1, 0.15) is 0 Å².